The van der Waals surface area contributed by atoms with E-state index in [2.05, 4.69) is 4.98 Å². The van der Waals surface area contributed by atoms with Crippen molar-refractivity contribution in [1.29, 1.82) is 5.26 Å². The van der Waals surface area contributed by atoms with Gasteiger partial charge in [-0.1, -0.05) is 24.3 Å². The van der Waals surface area contributed by atoms with E-state index in [0.717, 1.165) is 0 Å². The molecule has 9 heteroatoms. The van der Waals surface area contributed by atoms with Crippen LogP contribution in [0.25, 0.3) is 22.6 Å². The highest BCUT2D eigenvalue weighted by molar-refractivity contribution is 5.90. The van der Waals surface area contributed by atoms with Crippen LogP contribution in [0.5, 0.6) is 0 Å². The standard InChI is InChI=1S/C25H23N3O6/c1-3-33-24(31)18-9-5-16(6-10-18)21-20(15-26)23(30)28(13-14-29)22(27-21)17-7-11-19(12-8-17)25(32)34-4-2/h5-12,29H,3-4,13-14H2,1-2H3. The van der Waals surface area contributed by atoms with Gasteiger partial charge in [-0.25, -0.2) is 14.6 Å². The fraction of sp³-hybridized carbons (Fsp3) is 0.240. The van der Waals surface area contributed by atoms with Gasteiger partial charge in [0.1, 0.15) is 17.5 Å². The minimum Gasteiger partial charge on any atom is -0.462 e. The Balaban J connectivity index is 2.14. The first-order valence-electron chi connectivity index (χ1n) is 10.7. The van der Waals surface area contributed by atoms with Gasteiger partial charge in [0.05, 0.1) is 43.2 Å². The summed E-state index contributed by atoms with van der Waals surface area (Å²) in [4.78, 5) is 41.6. The van der Waals surface area contributed by atoms with Crippen molar-refractivity contribution in [3.8, 4) is 28.7 Å². The molecule has 1 heterocycles. The summed E-state index contributed by atoms with van der Waals surface area (Å²) in [6.07, 6.45) is 0. The van der Waals surface area contributed by atoms with Crippen molar-refractivity contribution in [2.75, 3.05) is 19.8 Å². The van der Waals surface area contributed by atoms with Crippen LogP contribution in [0.2, 0.25) is 0 Å². The molecule has 0 aliphatic carbocycles. The third kappa shape index (κ3) is 5.03. The highest BCUT2D eigenvalue weighted by Crippen LogP contribution is 2.25. The van der Waals surface area contributed by atoms with Crippen LogP contribution in [-0.4, -0.2) is 46.4 Å². The van der Waals surface area contributed by atoms with E-state index < -0.39 is 17.5 Å². The monoisotopic (exact) mass is 461 g/mol. The van der Waals surface area contributed by atoms with Gasteiger partial charge in [0.2, 0.25) is 0 Å². The number of aromatic nitrogens is 2. The molecule has 0 bridgehead atoms. The second-order valence-electron chi connectivity index (χ2n) is 7.05. The molecule has 0 fully saturated rings. The summed E-state index contributed by atoms with van der Waals surface area (Å²) >= 11 is 0. The Morgan fingerprint density at radius 1 is 0.941 bits per heavy atom. The second-order valence-corrected chi connectivity index (χ2v) is 7.05. The van der Waals surface area contributed by atoms with Gasteiger partial charge in [0.15, 0.2) is 0 Å². The van der Waals surface area contributed by atoms with Crippen molar-refractivity contribution >= 4 is 11.9 Å². The van der Waals surface area contributed by atoms with Crippen LogP contribution < -0.4 is 5.56 Å². The Bertz CT molecular complexity index is 1290. The minimum absolute atomic E-state index is 0.0719. The van der Waals surface area contributed by atoms with Gasteiger partial charge in [0.25, 0.3) is 5.56 Å². The summed E-state index contributed by atoms with van der Waals surface area (Å²) in [7, 11) is 0. The molecule has 174 valence electrons. The molecule has 1 N–H and O–H groups in total. The van der Waals surface area contributed by atoms with Crippen molar-refractivity contribution in [2.45, 2.75) is 20.4 Å². The van der Waals surface area contributed by atoms with Gasteiger partial charge in [-0.2, -0.15) is 5.26 Å². The van der Waals surface area contributed by atoms with Crippen LogP contribution in [0.3, 0.4) is 0 Å². The molecule has 34 heavy (non-hydrogen) atoms. The predicted molar refractivity (Wildman–Crippen MR) is 123 cm³/mol. The van der Waals surface area contributed by atoms with Crippen molar-refractivity contribution < 1.29 is 24.2 Å². The topological polar surface area (TPSA) is 132 Å². The molecule has 0 spiro atoms. The number of rotatable bonds is 8. The molecular formula is C25H23N3O6. The van der Waals surface area contributed by atoms with Crippen LogP contribution in [-0.2, 0) is 16.0 Å². The Morgan fingerprint density at radius 2 is 1.44 bits per heavy atom. The van der Waals surface area contributed by atoms with Crippen LogP contribution in [0.1, 0.15) is 40.1 Å². The number of hydrogen-bond acceptors (Lipinski definition) is 8. The zero-order chi connectivity index (χ0) is 24.7. The number of esters is 2. The lowest BCUT2D eigenvalue weighted by Gasteiger charge is -2.15. The molecule has 0 amide bonds. The third-order valence-electron chi connectivity index (χ3n) is 4.93. The van der Waals surface area contributed by atoms with E-state index in [1.165, 1.54) is 16.7 Å². The van der Waals surface area contributed by atoms with Crippen LogP contribution in [0, 0.1) is 11.3 Å². The highest BCUT2D eigenvalue weighted by atomic mass is 16.5. The van der Waals surface area contributed by atoms with E-state index >= 15 is 0 Å². The fourth-order valence-corrected chi connectivity index (χ4v) is 3.34. The maximum atomic E-state index is 13.1. The van der Waals surface area contributed by atoms with E-state index in [1.807, 2.05) is 6.07 Å². The molecule has 0 aliphatic rings. The lowest BCUT2D eigenvalue weighted by molar-refractivity contribution is 0.0517. The highest BCUT2D eigenvalue weighted by Gasteiger charge is 2.20. The minimum atomic E-state index is -0.611. The van der Waals surface area contributed by atoms with Crippen LogP contribution in [0.4, 0.5) is 0 Å². The van der Waals surface area contributed by atoms with Gasteiger partial charge in [-0.05, 0) is 38.1 Å². The molecule has 3 rings (SSSR count). The van der Waals surface area contributed by atoms with E-state index in [0.29, 0.717) is 22.3 Å². The first-order valence-corrected chi connectivity index (χ1v) is 10.7. The summed E-state index contributed by atoms with van der Waals surface area (Å²) in [5, 5.41) is 19.2. The van der Waals surface area contributed by atoms with E-state index in [9.17, 15) is 24.8 Å². The zero-order valence-corrected chi connectivity index (χ0v) is 18.8. The Labute approximate surface area is 195 Å². The van der Waals surface area contributed by atoms with Crippen molar-refractivity contribution in [2.24, 2.45) is 0 Å². The normalized spacial score (nSPS) is 10.4. The van der Waals surface area contributed by atoms with Gasteiger partial charge < -0.3 is 14.6 Å². The van der Waals surface area contributed by atoms with Gasteiger partial charge in [0, 0.05) is 11.1 Å². The van der Waals surface area contributed by atoms with Gasteiger partial charge in [-0.15, -0.1) is 0 Å². The summed E-state index contributed by atoms with van der Waals surface area (Å²) in [6, 6.07) is 14.5. The molecule has 3 aromatic rings. The third-order valence-corrected chi connectivity index (χ3v) is 4.93. The molecule has 9 nitrogen and oxygen atoms in total. The van der Waals surface area contributed by atoms with Crippen molar-refractivity contribution in [3.63, 3.8) is 0 Å². The van der Waals surface area contributed by atoms with E-state index in [1.54, 1.807) is 50.2 Å². The van der Waals surface area contributed by atoms with Crippen molar-refractivity contribution in [1.82, 2.24) is 9.55 Å². The maximum absolute atomic E-state index is 13.1. The quantitative estimate of drug-likeness (QED) is 0.507. The summed E-state index contributed by atoms with van der Waals surface area (Å²) in [5.74, 6) is -0.738. The maximum Gasteiger partial charge on any atom is 0.338 e. The van der Waals surface area contributed by atoms with Crippen LogP contribution in [0.15, 0.2) is 53.3 Å². The molecule has 0 unspecified atom stereocenters. The van der Waals surface area contributed by atoms with Gasteiger partial charge >= 0.3 is 11.9 Å². The predicted octanol–water partition coefficient (Wildman–Crippen LogP) is 2.79. The number of aliphatic hydroxyl groups is 1. The number of nitrogens with zero attached hydrogens (tertiary/aromatic N) is 3. The number of nitriles is 1. The lowest BCUT2D eigenvalue weighted by atomic mass is 10.0. The molecule has 2 aromatic carbocycles. The van der Waals surface area contributed by atoms with Crippen molar-refractivity contribution in [3.05, 3.63) is 75.6 Å². The molecule has 1 aromatic heterocycles. The summed E-state index contributed by atoms with van der Waals surface area (Å²) in [6.45, 7) is 3.48. The van der Waals surface area contributed by atoms with Gasteiger partial charge in [-0.3, -0.25) is 9.36 Å². The molecule has 0 radical (unpaired) electrons. The Hall–Kier alpha value is -4.29. The fourth-order valence-electron chi connectivity index (χ4n) is 3.34. The summed E-state index contributed by atoms with van der Waals surface area (Å²) in [5.41, 5.74) is 0.971. The molecule has 0 aliphatic heterocycles. The molecule has 0 saturated heterocycles. The number of aliphatic hydroxyl groups excluding tert-OH is 1. The first kappa shape index (κ1) is 24.4. The average molecular weight is 461 g/mol. The molecule has 0 atom stereocenters. The van der Waals surface area contributed by atoms with Crippen LogP contribution >= 0.6 is 0 Å². The number of hydrogen-bond donors (Lipinski definition) is 1. The number of carbonyl (C=O) groups is 2. The molecular weight excluding hydrogens is 438 g/mol. The van der Waals surface area contributed by atoms with E-state index in [-0.39, 0.29) is 43.4 Å². The number of benzene rings is 2. The lowest BCUT2D eigenvalue weighted by Crippen LogP contribution is -2.28. The summed E-state index contributed by atoms with van der Waals surface area (Å²) < 4.78 is 11.2. The Kier molecular flexibility index (Phi) is 7.90. The second kappa shape index (κ2) is 11.0. The zero-order valence-electron chi connectivity index (χ0n) is 18.8. The first-order chi connectivity index (χ1) is 16.4. The molecule has 0 saturated carbocycles. The largest absolute Gasteiger partial charge is 0.462 e. The Morgan fingerprint density at radius 3 is 1.88 bits per heavy atom. The number of ether oxygens (including phenoxy) is 2. The SMILES string of the molecule is CCOC(=O)c1ccc(-c2nc(-c3ccc(C(=O)OCC)cc3)n(CCO)c(=O)c2C#N)cc1. The smallest absolute Gasteiger partial charge is 0.338 e. The number of carbonyl (C=O) groups excluding carboxylic acids is 2. The van der Waals surface area contributed by atoms with E-state index in [4.69, 9.17) is 9.47 Å². The average Bonchev–Trinajstić information content (AvgIpc) is 2.85.